The van der Waals surface area contributed by atoms with E-state index in [0.29, 0.717) is 26.2 Å². The number of anilines is 1. The number of carbonyl (C=O) groups excluding carboxylic acids is 3. The molecular formula is C19H28N4O3. The number of aryl methyl sites for hydroxylation is 2. The molecule has 1 aliphatic rings. The normalized spacial score (nSPS) is 14.8. The molecule has 1 N–H and O–H groups in total. The van der Waals surface area contributed by atoms with Crippen LogP contribution in [-0.4, -0.2) is 78.7 Å². The highest BCUT2D eigenvalue weighted by atomic mass is 16.2. The number of nitrogens with one attached hydrogen (secondary N) is 1. The number of carbonyl (C=O) groups is 3. The SMILES string of the molecule is CC(=O)N1CCN(CC(=O)N(C)CC(=O)Nc2cc(C)ccc2C)CC1. The minimum Gasteiger partial charge on any atom is -0.340 e. The Kier molecular flexibility index (Phi) is 6.74. The summed E-state index contributed by atoms with van der Waals surface area (Å²) >= 11 is 0. The van der Waals surface area contributed by atoms with E-state index in [1.165, 1.54) is 4.90 Å². The van der Waals surface area contributed by atoms with Gasteiger partial charge in [-0.05, 0) is 31.0 Å². The highest BCUT2D eigenvalue weighted by Gasteiger charge is 2.22. The molecule has 1 aliphatic heterocycles. The topological polar surface area (TPSA) is 73.0 Å². The van der Waals surface area contributed by atoms with Crippen molar-refractivity contribution in [1.82, 2.24) is 14.7 Å². The summed E-state index contributed by atoms with van der Waals surface area (Å²) in [5, 5.41) is 2.87. The van der Waals surface area contributed by atoms with Crippen molar-refractivity contribution < 1.29 is 14.4 Å². The third-order valence-corrected chi connectivity index (χ3v) is 4.65. The molecule has 0 unspecified atom stereocenters. The molecule has 142 valence electrons. The molecule has 1 saturated heterocycles. The van der Waals surface area contributed by atoms with Gasteiger partial charge >= 0.3 is 0 Å². The first kappa shape index (κ1) is 19.9. The van der Waals surface area contributed by atoms with Gasteiger partial charge in [-0.25, -0.2) is 0 Å². The lowest BCUT2D eigenvalue weighted by Gasteiger charge is -2.34. The van der Waals surface area contributed by atoms with E-state index < -0.39 is 0 Å². The van der Waals surface area contributed by atoms with Crippen molar-refractivity contribution in [3.63, 3.8) is 0 Å². The van der Waals surface area contributed by atoms with Crippen LogP contribution in [0.2, 0.25) is 0 Å². The van der Waals surface area contributed by atoms with E-state index in [9.17, 15) is 14.4 Å². The van der Waals surface area contributed by atoms with E-state index in [0.717, 1.165) is 16.8 Å². The third-order valence-electron chi connectivity index (χ3n) is 4.65. The maximum atomic E-state index is 12.4. The molecule has 0 aliphatic carbocycles. The number of rotatable bonds is 5. The molecule has 1 aromatic rings. The molecule has 0 bridgehead atoms. The zero-order valence-electron chi connectivity index (χ0n) is 16.0. The minimum atomic E-state index is -0.212. The van der Waals surface area contributed by atoms with Crippen LogP contribution in [0.3, 0.4) is 0 Å². The molecule has 0 spiro atoms. The Morgan fingerprint density at radius 1 is 1.12 bits per heavy atom. The number of likely N-dealkylation sites (N-methyl/N-ethyl adjacent to an activating group) is 1. The van der Waals surface area contributed by atoms with E-state index in [4.69, 9.17) is 0 Å². The lowest BCUT2D eigenvalue weighted by Crippen LogP contribution is -2.51. The van der Waals surface area contributed by atoms with Crippen LogP contribution in [0.25, 0.3) is 0 Å². The first-order valence-electron chi connectivity index (χ1n) is 8.85. The highest BCUT2D eigenvalue weighted by molar-refractivity contribution is 5.95. The molecule has 2 rings (SSSR count). The lowest BCUT2D eigenvalue weighted by atomic mass is 10.1. The van der Waals surface area contributed by atoms with Gasteiger partial charge in [0.15, 0.2) is 0 Å². The predicted octanol–water partition coefficient (Wildman–Crippen LogP) is 0.864. The standard InChI is InChI=1S/C19H28N4O3/c1-14-5-6-15(2)17(11-14)20-18(25)12-21(4)19(26)13-22-7-9-23(10-8-22)16(3)24/h5-6,11H,7-10,12-13H2,1-4H3,(H,20,25). The Morgan fingerprint density at radius 2 is 1.77 bits per heavy atom. The second kappa shape index (κ2) is 8.80. The average Bonchev–Trinajstić information content (AvgIpc) is 2.58. The van der Waals surface area contributed by atoms with E-state index in [1.54, 1.807) is 18.9 Å². The van der Waals surface area contributed by atoms with Gasteiger partial charge in [-0.1, -0.05) is 12.1 Å². The van der Waals surface area contributed by atoms with Gasteiger partial charge in [0.05, 0.1) is 13.1 Å². The molecule has 1 heterocycles. The molecule has 26 heavy (non-hydrogen) atoms. The van der Waals surface area contributed by atoms with Gasteiger partial charge in [0.2, 0.25) is 17.7 Å². The van der Waals surface area contributed by atoms with Crippen LogP contribution in [0, 0.1) is 13.8 Å². The molecule has 0 radical (unpaired) electrons. The minimum absolute atomic E-state index is 0.0135. The zero-order valence-corrected chi connectivity index (χ0v) is 16.0. The van der Waals surface area contributed by atoms with Gasteiger partial charge < -0.3 is 15.1 Å². The van der Waals surface area contributed by atoms with Gasteiger partial charge in [0.25, 0.3) is 0 Å². The van der Waals surface area contributed by atoms with Crippen molar-refractivity contribution >= 4 is 23.4 Å². The molecule has 1 aromatic carbocycles. The Hall–Kier alpha value is -2.41. The van der Waals surface area contributed by atoms with Gasteiger partial charge in [0.1, 0.15) is 0 Å². The van der Waals surface area contributed by atoms with Gasteiger partial charge in [-0.3, -0.25) is 19.3 Å². The first-order chi connectivity index (χ1) is 12.3. The fraction of sp³-hybridized carbons (Fsp3) is 0.526. The number of piperazine rings is 1. The summed E-state index contributed by atoms with van der Waals surface area (Å²) in [5.74, 6) is -0.246. The summed E-state index contributed by atoms with van der Waals surface area (Å²) in [4.78, 5) is 41.2. The predicted molar refractivity (Wildman–Crippen MR) is 101 cm³/mol. The Labute approximate surface area is 154 Å². The van der Waals surface area contributed by atoms with Crippen LogP contribution in [0.1, 0.15) is 18.1 Å². The highest BCUT2D eigenvalue weighted by Crippen LogP contribution is 2.16. The monoisotopic (exact) mass is 360 g/mol. The summed E-state index contributed by atoms with van der Waals surface area (Å²) in [7, 11) is 1.64. The van der Waals surface area contributed by atoms with E-state index in [2.05, 4.69) is 5.32 Å². The number of benzene rings is 1. The zero-order chi connectivity index (χ0) is 19.3. The van der Waals surface area contributed by atoms with E-state index >= 15 is 0 Å². The molecule has 0 atom stereocenters. The van der Waals surface area contributed by atoms with Crippen molar-refractivity contribution in [3.8, 4) is 0 Å². The molecule has 7 heteroatoms. The van der Waals surface area contributed by atoms with Crippen molar-refractivity contribution in [2.24, 2.45) is 0 Å². The van der Waals surface area contributed by atoms with Crippen molar-refractivity contribution in [1.29, 1.82) is 0 Å². The van der Waals surface area contributed by atoms with Crippen molar-refractivity contribution in [2.75, 3.05) is 51.6 Å². The van der Waals surface area contributed by atoms with Crippen LogP contribution in [0.4, 0.5) is 5.69 Å². The molecule has 1 fully saturated rings. The summed E-state index contributed by atoms with van der Waals surface area (Å²) in [5.41, 5.74) is 2.83. The number of amides is 3. The van der Waals surface area contributed by atoms with Crippen molar-refractivity contribution in [3.05, 3.63) is 29.3 Å². The summed E-state index contributed by atoms with van der Waals surface area (Å²) in [6, 6.07) is 5.87. The number of hydrogen-bond donors (Lipinski definition) is 1. The Bertz CT molecular complexity index is 681. The summed E-state index contributed by atoms with van der Waals surface area (Å²) in [6.07, 6.45) is 0. The second-order valence-electron chi connectivity index (χ2n) is 6.90. The van der Waals surface area contributed by atoms with Crippen LogP contribution in [0.5, 0.6) is 0 Å². The van der Waals surface area contributed by atoms with E-state index in [1.807, 2.05) is 36.9 Å². The first-order valence-corrected chi connectivity index (χ1v) is 8.85. The molecule has 0 aromatic heterocycles. The van der Waals surface area contributed by atoms with Crippen LogP contribution in [0.15, 0.2) is 18.2 Å². The number of nitrogens with zero attached hydrogens (tertiary/aromatic N) is 3. The second-order valence-corrected chi connectivity index (χ2v) is 6.90. The summed E-state index contributed by atoms with van der Waals surface area (Å²) in [6.45, 7) is 8.36. The maximum Gasteiger partial charge on any atom is 0.243 e. The van der Waals surface area contributed by atoms with Crippen LogP contribution < -0.4 is 5.32 Å². The molecular weight excluding hydrogens is 332 g/mol. The maximum absolute atomic E-state index is 12.4. The fourth-order valence-corrected chi connectivity index (χ4v) is 2.90. The Morgan fingerprint density at radius 3 is 2.38 bits per heavy atom. The van der Waals surface area contributed by atoms with Crippen LogP contribution in [-0.2, 0) is 14.4 Å². The summed E-state index contributed by atoms with van der Waals surface area (Å²) < 4.78 is 0. The largest absolute Gasteiger partial charge is 0.340 e. The third kappa shape index (κ3) is 5.56. The Balaban J connectivity index is 1.80. The van der Waals surface area contributed by atoms with Crippen LogP contribution >= 0.6 is 0 Å². The molecule has 0 saturated carbocycles. The number of hydrogen-bond acceptors (Lipinski definition) is 4. The van der Waals surface area contributed by atoms with Gasteiger partial charge in [0, 0.05) is 45.8 Å². The smallest absolute Gasteiger partial charge is 0.243 e. The average molecular weight is 360 g/mol. The fourth-order valence-electron chi connectivity index (χ4n) is 2.90. The molecule has 7 nitrogen and oxygen atoms in total. The van der Waals surface area contributed by atoms with Gasteiger partial charge in [-0.15, -0.1) is 0 Å². The van der Waals surface area contributed by atoms with E-state index in [-0.39, 0.29) is 30.8 Å². The quantitative estimate of drug-likeness (QED) is 0.845. The molecule has 3 amide bonds. The van der Waals surface area contributed by atoms with Crippen molar-refractivity contribution in [2.45, 2.75) is 20.8 Å². The lowest BCUT2D eigenvalue weighted by molar-refractivity contribution is -0.135. The van der Waals surface area contributed by atoms with Gasteiger partial charge in [-0.2, -0.15) is 0 Å².